The molecule has 2 aromatic heterocycles. The first kappa shape index (κ1) is 12.9. The quantitative estimate of drug-likeness (QED) is 0.799. The maximum absolute atomic E-state index is 11.1. The van der Waals surface area contributed by atoms with Gasteiger partial charge in [0.25, 0.3) is 0 Å². The number of para-hydroxylation sites is 2. The van der Waals surface area contributed by atoms with Crippen molar-refractivity contribution in [3.05, 3.63) is 41.3 Å². The summed E-state index contributed by atoms with van der Waals surface area (Å²) in [6.07, 6.45) is 0.912. The Labute approximate surface area is 120 Å². The van der Waals surface area contributed by atoms with Crippen LogP contribution in [0.15, 0.2) is 35.7 Å². The predicted octanol–water partition coefficient (Wildman–Crippen LogP) is 3.41. The smallest absolute Gasteiger partial charge is 0.323 e. The van der Waals surface area contributed by atoms with E-state index in [9.17, 15) is 4.79 Å². The lowest BCUT2D eigenvalue weighted by atomic mass is 10.2. The van der Waals surface area contributed by atoms with E-state index >= 15 is 0 Å². The highest BCUT2D eigenvalue weighted by atomic mass is 32.1. The number of aromatic nitrogens is 2. The first-order valence-electron chi connectivity index (χ1n) is 6.44. The minimum atomic E-state index is -0.857. The molecule has 0 atom stereocenters. The van der Waals surface area contributed by atoms with E-state index in [0.29, 0.717) is 0 Å². The number of aryl methyl sites for hydroxylation is 1. The number of carboxylic acid groups (broad SMARTS) is 1. The van der Waals surface area contributed by atoms with E-state index in [2.05, 4.69) is 18.0 Å². The Morgan fingerprint density at radius 3 is 2.90 bits per heavy atom. The van der Waals surface area contributed by atoms with Gasteiger partial charge >= 0.3 is 5.97 Å². The zero-order valence-corrected chi connectivity index (χ0v) is 11.9. The first-order chi connectivity index (χ1) is 9.70. The van der Waals surface area contributed by atoms with Crippen LogP contribution in [0, 0.1) is 0 Å². The molecule has 4 nitrogen and oxygen atoms in total. The van der Waals surface area contributed by atoms with E-state index in [4.69, 9.17) is 5.11 Å². The van der Waals surface area contributed by atoms with E-state index in [-0.39, 0.29) is 6.54 Å². The van der Waals surface area contributed by atoms with Crippen molar-refractivity contribution in [3.8, 4) is 10.7 Å². The number of imidazole rings is 1. The lowest BCUT2D eigenvalue weighted by Crippen LogP contribution is -2.10. The fourth-order valence-electron chi connectivity index (χ4n) is 2.35. The van der Waals surface area contributed by atoms with Crippen LogP contribution in [-0.2, 0) is 17.8 Å². The monoisotopic (exact) mass is 286 g/mol. The van der Waals surface area contributed by atoms with E-state index in [0.717, 1.165) is 28.2 Å². The van der Waals surface area contributed by atoms with Crippen LogP contribution in [0.1, 0.15) is 12.5 Å². The summed E-state index contributed by atoms with van der Waals surface area (Å²) in [5.74, 6) is -0.107. The predicted molar refractivity (Wildman–Crippen MR) is 80.1 cm³/mol. The highest BCUT2D eigenvalue weighted by Gasteiger charge is 2.17. The van der Waals surface area contributed by atoms with Gasteiger partial charge in [-0.2, -0.15) is 0 Å². The molecule has 1 aromatic carbocycles. The maximum Gasteiger partial charge on any atom is 0.323 e. The van der Waals surface area contributed by atoms with Gasteiger partial charge in [-0.05, 0) is 35.6 Å². The lowest BCUT2D eigenvalue weighted by molar-refractivity contribution is -0.137. The van der Waals surface area contributed by atoms with E-state index in [1.165, 1.54) is 5.56 Å². The summed E-state index contributed by atoms with van der Waals surface area (Å²) in [5.41, 5.74) is 2.90. The van der Waals surface area contributed by atoms with Crippen LogP contribution < -0.4 is 0 Å². The summed E-state index contributed by atoms with van der Waals surface area (Å²) in [6, 6.07) is 9.72. The number of fused-ring (bicyclic) bond motifs is 1. The van der Waals surface area contributed by atoms with Gasteiger partial charge in [-0.3, -0.25) is 4.79 Å². The van der Waals surface area contributed by atoms with Crippen molar-refractivity contribution in [2.75, 3.05) is 0 Å². The van der Waals surface area contributed by atoms with Gasteiger partial charge in [-0.1, -0.05) is 19.1 Å². The number of nitrogens with zero attached hydrogens (tertiary/aromatic N) is 2. The van der Waals surface area contributed by atoms with Gasteiger partial charge in [0, 0.05) is 0 Å². The number of carbonyl (C=O) groups is 1. The van der Waals surface area contributed by atoms with E-state index in [1.807, 2.05) is 29.6 Å². The zero-order chi connectivity index (χ0) is 14.1. The standard InChI is InChI=1S/C15H14N2O2S/c1-2-10-7-8-20-14(10)15-16-11-5-3-4-6-12(11)17(15)9-13(18)19/h3-8H,2,9H2,1H3,(H,18,19). The molecule has 5 heteroatoms. The average Bonchev–Trinajstić information content (AvgIpc) is 3.02. The first-order valence-corrected chi connectivity index (χ1v) is 7.32. The van der Waals surface area contributed by atoms with Crippen molar-refractivity contribution >= 4 is 28.3 Å². The van der Waals surface area contributed by atoms with Gasteiger partial charge in [0.05, 0.1) is 15.9 Å². The van der Waals surface area contributed by atoms with Gasteiger partial charge in [0.2, 0.25) is 0 Å². The third-order valence-electron chi connectivity index (χ3n) is 3.28. The Morgan fingerprint density at radius 2 is 2.15 bits per heavy atom. The fourth-order valence-corrected chi connectivity index (χ4v) is 3.35. The molecule has 0 amide bonds. The second-order valence-corrected chi connectivity index (χ2v) is 5.45. The van der Waals surface area contributed by atoms with Crippen LogP contribution in [0.25, 0.3) is 21.7 Å². The van der Waals surface area contributed by atoms with Gasteiger partial charge in [-0.25, -0.2) is 4.98 Å². The molecule has 0 saturated carbocycles. The molecule has 0 spiro atoms. The molecular weight excluding hydrogens is 272 g/mol. The second kappa shape index (κ2) is 5.09. The van der Waals surface area contributed by atoms with Gasteiger partial charge in [0.1, 0.15) is 6.54 Å². The number of aliphatic carboxylic acids is 1. The molecule has 0 fully saturated rings. The zero-order valence-electron chi connectivity index (χ0n) is 11.0. The Kier molecular flexibility index (Phi) is 3.28. The number of rotatable bonds is 4. The molecule has 2 heterocycles. The Morgan fingerprint density at radius 1 is 1.35 bits per heavy atom. The molecule has 0 aliphatic rings. The minimum absolute atomic E-state index is 0.0725. The third kappa shape index (κ3) is 2.10. The Balaban J connectivity index is 2.26. The van der Waals surface area contributed by atoms with Crippen molar-refractivity contribution in [1.29, 1.82) is 0 Å². The molecule has 20 heavy (non-hydrogen) atoms. The Hall–Kier alpha value is -2.14. The number of thiophene rings is 1. The number of carboxylic acids is 1. The van der Waals surface area contributed by atoms with Gasteiger partial charge in [0.15, 0.2) is 5.82 Å². The summed E-state index contributed by atoms with van der Waals surface area (Å²) < 4.78 is 1.78. The minimum Gasteiger partial charge on any atom is -0.480 e. The molecule has 102 valence electrons. The summed E-state index contributed by atoms with van der Waals surface area (Å²) in [7, 11) is 0. The fraction of sp³-hybridized carbons (Fsp3) is 0.200. The second-order valence-electron chi connectivity index (χ2n) is 4.53. The normalized spacial score (nSPS) is 11.1. The molecular formula is C15H14N2O2S. The average molecular weight is 286 g/mol. The highest BCUT2D eigenvalue weighted by molar-refractivity contribution is 7.13. The van der Waals surface area contributed by atoms with Crippen molar-refractivity contribution in [1.82, 2.24) is 9.55 Å². The molecule has 3 aromatic rings. The van der Waals surface area contributed by atoms with Crippen LogP contribution in [0.5, 0.6) is 0 Å². The highest BCUT2D eigenvalue weighted by Crippen LogP contribution is 2.32. The van der Waals surface area contributed by atoms with Crippen LogP contribution in [0.4, 0.5) is 0 Å². The van der Waals surface area contributed by atoms with Crippen LogP contribution in [0.2, 0.25) is 0 Å². The molecule has 1 N–H and O–H groups in total. The molecule has 0 radical (unpaired) electrons. The summed E-state index contributed by atoms with van der Waals surface area (Å²) >= 11 is 1.61. The molecule has 0 saturated heterocycles. The van der Waals surface area contributed by atoms with Gasteiger partial charge in [-0.15, -0.1) is 11.3 Å². The molecule has 0 bridgehead atoms. The largest absolute Gasteiger partial charge is 0.480 e. The van der Waals surface area contributed by atoms with E-state index < -0.39 is 5.97 Å². The van der Waals surface area contributed by atoms with Crippen molar-refractivity contribution in [3.63, 3.8) is 0 Å². The van der Waals surface area contributed by atoms with E-state index in [1.54, 1.807) is 15.9 Å². The molecule has 0 aliphatic carbocycles. The summed E-state index contributed by atoms with van der Waals surface area (Å²) in [4.78, 5) is 16.8. The molecule has 0 aliphatic heterocycles. The molecule has 3 rings (SSSR count). The molecule has 0 unspecified atom stereocenters. The van der Waals surface area contributed by atoms with Gasteiger partial charge < -0.3 is 9.67 Å². The SMILES string of the molecule is CCc1ccsc1-c1nc2ccccc2n1CC(=O)O. The van der Waals surface area contributed by atoms with Crippen molar-refractivity contribution < 1.29 is 9.90 Å². The van der Waals surface area contributed by atoms with Crippen LogP contribution in [-0.4, -0.2) is 20.6 Å². The number of hydrogen-bond donors (Lipinski definition) is 1. The number of hydrogen-bond acceptors (Lipinski definition) is 3. The lowest BCUT2D eigenvalue weighted by Gasteiger charge is -2.06. The van der Waals surface area contributed by atoms with Crippen molar-refractivity contribution in [2.24, 2.45) is 0 Å². The van der Waals surface area contributed by atoms with Crippen LogP contribution >= 0.6 is 11.3 Å². The number of benzene rings is 1. The topological polar surface area (TPSA) is 55.1 Å². The van der Waals surface area contributed by atoms with Crippen LogP contribution in [0.3, 0.4) is 0 Å². The summed E-state index contributed by atoms with van der Waals surface area (Å²) in [6.45, 7) is 2.02. The third-order valence-corrected chi connectivity index (χ3v) is 4.23. The van der Waals surface area contributed by atoms with Crippen molar-refractivity contribution in [2.45, 2.75) is 19.9 Å². The Bertz CT molecular complexity index is 773. The summed E-state index contributed by atoms with van der Waals surface area (Å²) in [5, 5.41) is 11.2. The maximum atomic E-state index is 11.1.